The minimum Gasteiger partial charge on any atom is -0.381 e. The highest BCUT2D eigenvalue weighted by molar-refractivity contribution is 5.23. The summed E-state index contributed by atoms with van der Waals surface area (Å²) in [5, 5.41) is 0. The Morgan fingerprint density at radius 2 is 1.93 bits per heavy atom. The third-order valence-electron chi connectivity index (χ3n) is 3.08. The van der Waals surface area contributed by atoms with Crippen LogP contribution in [0.2, 0.25) is 0 Å². The molecule has 2 rings (SSSR count). The van der Waals surface area contributed by atoms with Crippen LogP contribution in [0.3, 0.4) is 0 Å². The molecule has 1 atom stereocenters. The highest BCUT2D eigenvalue weighted by atomic mass is 15.1. The van der Waals surface area contributed by atoms with E-state index in [0.29, 0.717) is 5.92 Å². The van der Waals surface area contributed by atoms with Crippen molar-refractivity contribution in [3.63, 3.8) is 0 Å². The molecule has 0 radical (unpaired) electrons. The Kier molecular flexibility index (Phi) is 3.44. The van der Waals surface area contributed by atoms with Crippen molar-refractivity contribution in [3.8, 4) is 0 Å². The summed E-state index contributed by atoms with van der Waals surface area (Å²) >= 11 is 0. The van der Waals surface area contributed by atoms with Gasteiger partial charge in [-0.25, -0.2) is 0 Å². The van der Waals surface area contributed by atoms with Gasteiger partial charge in [-0.1, -0.05) is 42.8 Å². The quantitative estimate of drug-likeness (QED) is 0.673. The summed E-state index contributed by atoms with van der Waals surface area (Å²) in [5.74, 6) is 0.606. The van der Waals surface area contributed by atoms with Crippen LogP contribution in [0.15, 0.2) is 42.6 Å². The average molecular weight is 201 g/mol. The van der Waals surface area contributed by atoms with Gasteiger partial charge in [0, 0.05) is 19.5 Å². The Hall–Kier alpha value is -1.24. The zero-order valence-corrected chi connectivity index (χ0v) is 9.39. The second-order valence-corrected chi connectivity index (χ2v) is 4.34. The molecule has 1 aromatic rings. The lowest BCUT2D eigenvalue weighted by molar-refractivity contribution is 0.415. The fraction of sp³-hybridized carbons (Fsp3) is 0.429. The normalized spacial score (nSPS) is 22.2. The minimum atomic E-state index is 0.606. The van der Waals surface area contributed by atoms with Crippen LogP contribution in [-0.4, -0.2) is 18.5 Å². The summed E-state index contributed by atoms with van der Waals surface area (Å²) in [6.07, 6.45) is 8.50. The molecule has 0 saturated carbocycles. The summed E-state index contributed by atoms with van der Waals surface area (Å²) in [6.45, 7) is 1.19. The molecule has 1 heterocycles. The van der Waals surface area contributed by atoms with Gasteiger partial charge in [-0.2, -0.15) is 0 Å². The molecule has 1 heteroatoms. The second-order valence-electron chi connectivity index (χ2n) is 4.34. The van der Waals surface area contributed by atoms with Crippen molar-refractivity contribution < 1.29 is 0 Å². The van der Waals surface area contributed by atoms with E-state index in [9.17, 15) is 0 Å². The molecule has 0 aliphatic carbocycles. The first-order valence-electron chi connectivity index (χ1n) is 5.80. The molecule has 0 amide bonds. The summed E-state index contributed by atoms with van der Waals surface area (Å²) in [7, 11) is 2.16. The number of benzene rings is 1. The molecule has 1 aromatic carbocycles. The van der Waals surface area contributed by atoms with Gasteiger partial charge in [-0.15, -0.1) is 0 Å². The van der Waals surface area contributed by atoms with Crippen LogP contribution in [0.25, 0.3) is 0 Å². The van der Waals surface area contributed by atoms with E-state index in [-0.39, 0.29) is 0 Å². The van der Waals surface area contributed by atoms with Crippen molar-refractivity contribution in [1.29, 1.82) is 0 Å². The fourth-order valence-electron chi connectivity index (χ4n) is 2.13. The molecular formula is C14H19N. The molecule has 1 unspecified atom stereocenters. The lowest BCUT2D eigenvalue weighted by Gasteiger charge is -2.21. The first-order valence-corrected chi connectivity index (χ1v) is 5.80. The molecule has 0 spiro atoms. The Morgan fingerprint density at radius 1 is 1.13 bits per heavy atom. The van der Waals surface area contributed by atoms with E-state index in [0.717, 1.165) is 0 Å². The zero-order chi connectivity index (χ0) is 10.5. The van der Waals surface area contributed by atoms with Gasteiger partial charge in [-0.3, -0.25) is 0 Å². The maximum atomic E-state index is 2.34. The molecule has 0 fully saturated rings. The van der Waals surface area contributed by atoms with Crippen molar-refractivity contribution in [2.45, 2.75) is 25.2 Å². The van der Waals surface area contributed by atoms with E-state index in [1.54, 1.807) is 0 Å². The van der Waals surface area contributed by atoms with E-state index >= 15 is 0 Å². The maximum Gasteiger partial charge on any atom is 0.0169 e. The van der Waals surface area contributed by atoms with E-state index in [4.69, 9.17) is 0 Å². The zero-order valence-electron chi connectivity index (χ0n) is 9.39. The van der Waals surface area contributed by atoms with Crippen molar-refractivity contribution in [1.82, 2.24) is 4.90 Å². The van der Waals surface area contributed by atoms with Crippen molar-refractivity contribution in [2.24, 2.45) is 0 Å². The highest BCUT2D eigenvalue weighted by Crippen LogP contribution is 2.24. The standard InChI is InChI=1S/C14H19N/c1-15-11-6-5-9-14(10-12-15)13-7-3-2-4-8-13/h2-4,7-8,10,12,14H,5-6,9,11H2,1H3. The summed E-state index contributed by atoms with van der Waals surface area (Å²) < 4.78 is 0. The van der Waals surface area contributed by atoms with Gasteiger partial charge in [-0.05, 0) is 24.6 Å². The van der Waals surface area contributed by atoms with Gasteiger partial charge in [0.15, 0.2) is 0 Å². The lowest BCUT2D eigenvalue weighted by Crippen LogP contribution is -2.15. The van der Waals surface area contributed by atoms with Crippen LogP contribution in [0, 0.1) is 0 Å². The average Bonchev–Trinajstić information content (AvgIpc) is 2.25. The van der Waals surface area contributed by atoms with Crippen LogP contribution in [-0.2, 0) is 0 Å². The van der Waals surface area contributed by atoms with E-state index < -0.39 is 0 Å². The van der Waals surface area contributed by atoms with Crippen LogP contribution in [0.4, 0.5) is 0 Å². The first-order chi connectivity index (χ1) is 7.36. The van der Waals surface area contributed by atoms with Crippen LogP contribution in [0.5, 0.6) is 0 Å². The van der Waals surface area contributed by atoms with Crippen molar-refractivity contribution >= 4 is 0 Å². The monoisotopic (exact) mass is 201 g/mol. The predicted octanol–water partition coefficient (Wildman–Crippen LogP) is 3.40. The molecule has 1 nitrogen and oxygen atoms in total. The Bertz CT molecular complexity index is 315. The number of hydrogen-bond acceptors (Lipinski definition) is 1. The summed E-state index contributed by atoms with van der Waals surface area (Å²) in [4.78, 5) is 2.29. The highest BCUT2D eigenvalue weighted by Gasteiger charge is 2.09. The summed E-state index contributed by atoms with van der Waals surface area (Å²) in [5.41, 5.74) is 1.45. The van der Waals surface area contributed by atoms with Gasteiger partial charge in [0.25, 0.3) is 0 Å². The molecular weight excluding hydrogens is 182 g/mol. The fourth-order valence-corrected chi connectivity index (χ4v) is 2.13. The molecule has 0 saturated heterocycles. The first kappa shape index (κ1) is 10.3. The molecule has 15 heavy (non-hydrogen) atoms. The van der Waals surface area contributed by atoms with E-state index in [1.807, 2.05) is 0 Å². The predicted molar refractivity (Wildman–Crippen MR) is 64.8 cm³/mol. The molecule has 0 aromatic heterocycles. The molecule has 80 valence electrons. The smallest absolute Gasteiger partial charge is 0.0169 e. The van der Waals surface area contributed by atoms with Crippen LogP contribution < -0.4 is 0 Å². The van der Waals surface area contributed by atoms with Gasteiger partial charge in [0.05, 0.1) is 0 Å². The number of hydrogen-bond donors (Lipinski definition) is 0. The number of allylic oxidation sites excluding steroid dienone is 1. The molecule has 0 N–H and O–H groups in total. The lowest BCUT2D eigenvalue weighted by atomic mass is 9.92. The molecule has 1 aliphatic rings. The van der Waals surface area contributed by atoms with Gasteiger partial charge in [0.1, 0.15) is 0 Å². The Morgan fingerprint density at radius 3 is 2.73 bits per heavy atom. The van der Waals surface area contributed by atoms with Gasteiger partial charge < -0.3 is 4.90 Å². The van der Waals surface area contributed by atoms with Gasteiger partial charge in [0.2, 0.25) is 0 Å². The second kappa shape index (κ2) is 5.01. The van der Waals surface area contributed by atoms with Crippen LogP contribution >= 0.6 is 0 Å². The van der Waals surface area contributed by atoms with Gasteiger partial charge >= 0.3 is 0 Å². The molecule has 0 bridgehead atoms. The molecule has 1 aliphatic heterocycles. The largest absolute Gasteiger partial charge is 0.381 e. The van der Waals surface area contributed by atoms with E-state index in [1.165, 1.54) is 31.4 Å². The summed E-state index contributed by atoms with van der Waals surface area (Å²) in [6, 6.07) is 10.8. The Labute approximate surface area is 92.4 Å². The maximum absolute atomic E-state index is 2.34. The van der Waals surface area contributed by atoms with Crippen molar-refractivity contribution in [2.75, 3.05) is 13.6 Å². The number of rotatable bonds is 1. The number of nitrogens with zero attached hydrogens (tertiary/aromatic N) is 1. The topological polar surface area (TPSA) is 3.24 Å². The van der Waals surface area contributed by atoms with Crippen molar-refractivity contribution in [3.05, 3.63) is 48.2 Å². The van der Waals surface area contributed by atoms with Crippen LogP contribution in [0.1, 0.15) is 30.7 Å². The van der Waals surface area contributed by atoms with E-state index in [2.05, 4.69) is 54.6 Å². The minimum absolute atomic E-state index is 0.606. The third-order valence-corrected chi connectivity index (χ3v) is 3.08. The Balaban J connectivity index is 2.13. The SMILES string of the molecule is CN1C=CC(c2ccccc2)CCCC1. The third kappa shape index (κ3) is 2.85.